The first kappa shape index (κ1) is 83.2. The van der Waals surface area contributed by atoms with E-state index >= 15 is 32.8 Å². The second-order valence-electron chi connectivity index (χ2n) is 29.2. The molecule has 11 atom stereocenters. The lowest BCUT2D eigenvalue weighted by molar-refractivity contribution is -0.160. The molecule has 3 aromatic carbocycles. The zero-order valence-electron chi connectivity index (χ0n) is 63.0. The minimum absolute atomic E-state index is 0.0549. The summed E-state index contributed by atoms with van der Waals surface area (Å²) < 4.78 is 72.0. The van der Waals surface area contributed by atoms with Gasteiger partial charge in [0.2, 0.25) is 70.9 Å². The van der Waals surface area contributed by atoms with Crippen LogP contribution in [0.5, 0.6) is 0 Å². The summed E-state index contributed by atoms with van der Waals surface area (Å²) in [7, 11) is 9.40. The fourth-order valence-electron chi connectivity index (χ4n) is 14.4. The van der Waals surface area contributed by atoms with Crippen LogP contribution in [0.2, 0.25) is 0 Å². The summed E-state index contributed by atoms with van der Waals surface area (Å²) in [6.45, 7) is 11.8. The number of carbonyl (C=O) groups excluding carboxylic acids is 12. The van der Waals surface area contributed by atoms with Crippen molar-refractivity contribution in [2.75, 3.05) is 75.5 Å². The van der Waals surface area contributed by atoms with Crippen LogP contribution in [0.3, 0.4) is 0 Å². The molecule has 1 spiro atoms. The number of hydrogen-bond donors (Lipinski definition) is 3. The lowest BCUT2D eigenvalue weighted by Crippen LogP contribution is -2.65. The first-order valence-corrected chi connectivity index (χ1v) is 36.4. The van der Waals surface area contributed by atoms with Gasteiger partial charge in [-0.2, -0.15) is 13.2 Å². The third-order valence-corrected chi connectivity index (χ3v) is 22.1. The molecule has 0 aromatic heterocycles. The summed E-state index contributed by atoms with van der Waals surface area (Å²) in [6, 6.07) is 4.11. The van der Waals surface area contributed by atoms with Gasteiger partial charge in [0, 0.05) is 81.8 Å². The van der Waals surface area contributed by atoms with Crippen LogP contribution in [-0.4, -0.2) is 250 Å². The number of likely N-dealkylation sites (N-methyl/N-ethyl adjacent to an activating group) is 7. The number of benzene rings is 3. The molecule has 1 saturated carbocycles. The van der Waals surface area contributed by atoms with Gasteiger partial charge in [0.25, 0.3) is 0 Å². The highest BCUT2D eigenvalue weighted by Crippen LogP contribution is 2.36. The molecular formula is C76H105F5N12O12. The van der Waals surface area contributed by atoms with Crippen molar-refractivity contribution >= 4 is 70.9 Å². The van der Waals surface area contributed by atoms with E-state index in [0.29, 0.717) is 74.9 Å². The van der Waals surface area contributed by atoms with E-state index in [9.17, 15) is 46.7 Å². The maximum Gasteiger partial charge on any atom is 0.422 e. The van der Waals surface area contributed by atoms with Gasteiger partial charge in [0.05, 0.1) is 13.0 Å². The molecule has 0 unspecified atom stereocenters. The number of fused-ring (bicyclic) bond motifs is 1. The zero-order chi connectivity index (χ0) is 77.9. The van der Waals surface area contributed by atoms with E-state index < -0.39 is 192 Å². The summed E-state index contributed by atoms with van der Waals surface area (Å²) in [4.78, 5) is 191. The molecule has 4 aliphatic rings. The third kappa shape index (κ3) is 19.5. The van der Waals surface area contributed by atoms with E-state index in [4.69, 9.17) is 0 Å². The van der Waals surface area contributed by atoms with Crippen molar-refractivity contribution in [3.63, 3.8) is 0 Å². The molecule has 4 fully saturated rings. The predicted octanol–water partition coefficient (Wildman–Crippen LogP) is 5.68. The SMILES string of the molecule is CC[C@H](C)[C@@H]1NC(=O)[C@H](C)N(C)C(=O)C[C@@H](C(=O)N2CCCCC2)N(C)C(=O)[C@H]([C@@H](C)CC)N(C)C(=O)C2(CCCC2)NC(=O)[C@@H](Cc2ccccc2)N(C)C(=O)[C@H](CCc2cc(F)c(C(F)(F)F)c(F)c2)NC(=O)CN(C)C(=O)[C@H](Cc2ccc(C)cc2)N(C)C(=O)[C@@H]2CCN2C(=O)[C@H](C)N(C)C1=O. The maximum atomic E-state index is 15.7. The molecular weight excluding hydrogens is 1370 g/mol. The van der Waals surface area contributed by atoms with Crippen LogP contribution in [0, 0.1) is 30.4 Å². The number of halogens is 5. The molecule has 3 N–H and O–H groups in total. The summed E-state index contributed by atoms with van der Waals surface area (Å²) in [5.74, 6) is -14.1. The Hall–Kier alpha value is -9.05. The van der Waals surface area contributed by atoms with Crippen LogP contribution in [0.1, 0.15) is 146 Å². The van der Waals surface area contributed by atoms with E-state index in [0.717, 1.165) is 36.5 Å². The van der Waals surface area contributed by atoms with Gasteiger partial charge in [-0.1, -0.05) is 114 Å². The van der Waals surface area contributed by atoms with Crippen LogP contribution >= 0.6 is 0 Å². The third-order valence-electron chi connectivity index (χ3n) is 22.1. The molecule has 24 nitrogen and oxygen atoms in total. The van der Waals surface area contributed by atoms with Crippen molar-refractivity contribution in [1.29, 1.82) is 0 Å². The zero-order valence-corrected chi connectivity index (χ0v) is 63.0. The monoisotopic (exact) mass is 1470 g/mol. The highest BCUT2D eigenvalue weighted by atomic mass is 19.4. The van der Waals surface area contributed by atoms with E-state index in [-0.39, 0.29) is 44.2 Å². The van der Waals surface area contributed by atoms with Crippen molar-refractivity contribution in [1.82, 2.24) is 60.0 Å². The van der Waals surface area contributed by atoms with Gasteiger partial charge in [-0.15, -0.1) is 0 Å². The number of rotatable bonds is 12. The van der Waals surface area contributed by atoms with Gasteiger partial charge in [-0.25, -0.2) is 8.78 Å². The van der Waals surface area contributed by atoms with Gasteiger partial charge in [0.1, 0.15) is 77.1 Å². The van der Waals surface area contributed by atoms with E-state index in [1.54, 1.807) is 87.2 Å². The molecule has 29 heteroatoms. The van der Waals surface area contributed by atoms with Crippen molar-refractivity contribution in [2.45, 2.75) is 211 Å². The number of carbonyl (C=O) groups is 12. The van der Waals surface area contributed by atoms with Crippen LogP contribution in [-0.2, 0) is 83.0 Å². The number of amides is 12. The van der Waals surface area contributed by atoms with Gasteiger partial charge >= 0.3 is 6.18 Å². The van der Waals surface area contributed by atoms with Gasteiger partial charge in [-0.05, 0) is 113 Å². The average molecular weight is 1470 g/mol. The van der Waals surface area contributed by atoms with E-state index in [1.807, 2.05) is 6.92 Å². The first-order valence-electron chi connectivity index (χ1n) is 36.4. The summed E-state index contributed by atoms with van der Waals surface area (Å²) in [5, 5.41) is 8.42. The van der Waals surface area contributed by atoms with Gasteiger partial charge in [0.15, 0.2) is 0 Å². The van der Waals surface area contributed by atoms with E-state index in [2.05, 4.69) is 16.0 Å². The van der Waals surface area contributed by atoms with Crippen molar-refractivity contribution in [2.24, 2.45) is 11.8 Å². The fourth-order valence-corrected chi connectivity index (χ4v) is 14.4. The lowest BCUT2D eigenvalue weighted by Gasteiger charge is -2.45. The normalized spacial score (nSPS) is 25.6. The van der Waals surface area contributed by atoms with Crippen LogP contribution in [0.4, 0.5) is 22.0 Å². The molecule has 7 rings (SSSR count). The first-order chi connectivity index (χ1) is 49.4. The predicted molar refractivity (Wildman–Crippen MR) is 380 cm³/mol. The topological polar surface area (TPSA) is 270 Å². The Labute approximate surface area is 612 Å². The standard InChI is InChI=1S/C76H105F5N12O12/c1-15-46(4)63-72(103)87(10)49(7)67(98)93-38-33-56(93)70(101)89(12)58(42-51-29-27-45(3)28-30-51)69(100)85(8)44-60(94)82-55(32-31-52-39-53(77)62(54(78)40-52)76(79,80)81)68(99)88(11)57(41-50-25-19-17-20-26-50)66(97)84-75(34-21-22-35-75)74(105)91(14)64(47(5)16-2)73(104)90(13)59(71(102)92-36-23-18-24-37-92)43-61(95)86(9)48(6)65(96)83-63/h17,19-20,25-30,39-40,46-49,55-59,63-64H,15-16,18,21-24,31-38,41-44H2,1-14H3,(H,82,94)(H,83,96)(H,84,97)/t46-,47-,48-,49-,55-,56-,57+,58-,59-,63-,64-/m0/s1. The second-order valence-corrected chi connectivity index (χ2v) is 29.2. The Balaban J connectivity index is 1.33. The molecule has 3 heterocycles. The minimum atomic E-state index is -5.42. The number of aryl methyl sites for hydroxylation is 2. The molecule has 3 saturated heterocycles. The lowest BCUT2D eigenvalue weighted by atomic mass is 9.90. The maximum absolute atomic E-state index is 15.7. The smallest absolute Gasteiger partial charge is 0.343 e. The Morgan fingerprint density at radius 3 is 1.72 bits per heavy atom. The molecule has 0 radical (unpaired) electrons. The number of nitrogens with zero attached hydrogens (tertiary/aromatic N) is 9. The fraction of sp³-hybridized carbons (Fsp3) is 0.605. The van der Waals surface area contributed by atoms with Crippen LogP contribution in [0.15, 0.2) is 66.7 Å². The summed E-state index contributed by atoms with van der Waals surface area (Å²) >= 11 is 0. The van der Waals surface area contributed by atoms with E-state index in [1.165, 1.54) is 77.9 Å². The van der Waals surface area contributed by atoms with Crippen molar-refractivity contribution in [3.8, 4) is 0 Å². The average Bonchev–Trinajstić information content (AvgIpc) is 1.77. The van der Waals surface area contributed by atoms with Gasteiger partial charge < -0.3 is 60.0 Å². The Morgan fingerprint density at radius 1 is 0.590 bits per heavy atom. The largest absolute Gasteiger partial charge is 0.422 e. The van der Waals surface area contributed by atoms with Crippen molar-refractivity contribution < 1.29 is 79.5 Å². The molecule has 105 heavy (non-hydrogen) atoms. The molecule has 1 aliphatic carbocycles. The summed E-state index contributed by atoms with van der Waals surface area (Å²) in [6.07, 6.45) is -3.55. The van der Waals surface area contributed by atoms with Gasteiger partial charge in [-0.3, -0.25) is 57.5 Å². The minimum Gasteiger partial charge on any atom is -0.343 e. The Kier molecular flexibility index (Phi) is 28.4. The number of alkyl halides is 3. The molecule has 3 aromatic rings. The molecule has 0 bridgehead atoms. The quantitative estimate of drug-likeness (QED) is 0.185. The second kappa shape index (κ2) is 35.8. The summed E-state index contributed by atoms with van der Waals surface area (Å²) in [5.41, 5.74) is -2.24. The number of nitrogens with one attached hydrogen (secondary N) is 3. The highest BCUT2D eigenvalue weighted by Gasteiger charge is 2.51. The van der Waals surface area contributed by atoms with Crippen LogP contribution in [0.25, 0.3) is 0 Å². The molecule has 576 valence electrons. The number of piperidine rings is 1. The number of hydrogen-bond acceptors (Lipinski definition) is 12. The molecule has 12 amide bonds. The molecule has 3 aliphatic heterocycles. The van der Waals surface area contributed by atoms with Crippen molar-refractivity contribution in [3.05, 3.63) is 106 Å². The van der Waals surface area contributed by atoms with Crippen LogP contribution < -0.4 is 16.0 Å². The Morgan fingerprint density at radius 2 is 1.16 bits per heavy atom. The number of likely N-dealkylation sites (tertiary alicyclic amines) is 1. The Bertz CT molecular complexity index is 3640. The highest BCUT2D eigenvalue weighted by molar-refractivity contribution is 6.01.